The van der Waals surface area contributed by atoms with Crippen LogP contribution in [-0.2, 0) is 9.59 Å². The number of benzene rings is 1. The van der Waals surface area contributed by atoms with E-state index in [1.807, 2.05) is 6.92 Å². The van der Waals surface area contributed by atoms with E-state index in [0.29, 0.717) is 17.0 Å². The standard InChI is InChI=1S/C13H12Cl2O3/c1-8(5-6-16)7-10-3-4-11(18-9(2)17)13(15)12(10)14/h3-4,6-7H,5H2,1-2H3. The van der Waals surface area contributed by atoms with Crippen molar-refractivity contribution in [2.45, 2.75) is 20.3 Å². The van der Waals surface area contributed by atoms with Crippen LogP contribution < -0.4 is 4.74 Å². The van der Waals surface area contributed by atoms with E-state index in [2.05, 4.69) is 0 Å². The fourth-order valence-electron chi connectivity index (χ4n) is 1.35. The van der Waals surface area contributed by atoms with Crippen LogP contribution >= 0.6 is 23.2 Å². The molecule has 0 fully saturated rings. The number of halogens is 2. The Bertz CT molecular complexity index is 507. The van der Waals surface area contributed by atoms with Gasteiger partial charge in [-0.3, -0.25) is 4.79 Å². The maximum Gasteiger partial charge on any atom is 0.308 e. The van der Waals surface area contributed by atoms with E-state index in [1.165, 1.54) is 6.92 Å². The minimum atomic E-state index is -0.464. The number of rotatable bonds is 4. The summed E-state index contributed by atoms with van der Waals surface area (Å²) in [5.74, 6) is -0.243. The van der Waals surface area contributed by atoms with E-state index in [-0.39, 0.29) is 10.8 Å². The largest absolute Gasteiger partial charge is 0.425 e. The molecule has 0 heterocycles. The van der Waals surface area contributed by atoms with Gasteiger partial charge in [-0.05, 0) is 24.6 Å². The lowest BCUT2D eigenvalue weighted by Gasteiger charge is -2.08. The van der Waals surface area contributed by atoms with Crippen molar-refractivity contribution in [3.8, 4) is 5.75 Å². The molecule has 0 aliphatic rings. The molecule has 0 bridgehead atoms. The Kier molecular flexibility index (Phi) is 5.38. The van der Waals surface area contributed by atoms with Crippen LogP contribution in [0.1, 0.15) is 25.8 Å². The molecule has 5 heteroatoms. The zero-order valence-electron chi connectivity index (χ0n) is 10.00. The van der Waals surface area contributed by atoms with E-state index < -0.39 is 5.97 Å². The van der Waals surface area contributed by atoms with Gasteiger partial charge in [-0.2, -0.15) is 0 Å². The third-order valence-electron chi connectivity index (χ3n) is 2.14. The van der Waals surface area contributed by atoms with E-state index in [1.54, 1.807) is 18.2 Å². The highest BCUT2D eigenvalue weighted by atomic mass is 35.5. The molecule has 0 aromatic heterocycles. The van der Waals surface area contributed by atoms with Crippen molar-refractivity contribution in [3.05, 3.63) is 33.3 Å². The third-order valence-corrected chi connectivity index (χ3v) is 3.02. The normalized spacial score (nSPS) is 11.2. The highest BCUT2D eigenvalue weighted by Gasteiger charge is 2.11. The van der Waals surface area contributed by atoms with Gasteiger partial charge in [0, 0.05) is 13.3 Å². The zero-order chi connectivity index (χ0) is 13.7. The van der Waals surface area contributed by atoms with Crippen LogP contribution in [0, 0.1) is 0 Å². The lowest BCUT2D eigenvalue weighted by atomic mass is 10.1. The summed E-state index contributed by atoms with van der Waals surface area (Å²) in [6.45, 7) is 3.10. The molecule has 1 aromatic carbocycles. The number of ether oxygens (including phenoxy) is 1. The number of carbonyl (C=O) groups is 2. The fraction of sp³-hybridized carbons (Fsp3) is 0.231. The molecule has 0 aliphatic carbocycles. The number of hydrogen-bond acceptors (Lipinski definition) is 3. The van der Waals surface area contributed by atoms with Crippen molar-refractivity contribution in [2.24, 2.45) is 0 Å². The SMILES string of the molecule is CC(=O)Oc1ccc(C=C(C)CC=O)c(Cl)c1Cl. The van der Waals surface area contributed by atoms with Gasteiger partial charge in [-0.25, -0.2) is 0 Å². The Hall–Kier alpha value is -1.32. The van der Waals surface area contributed by atoms with Gasteiger partial charge >= 0.3 is 5.97 Å². The summed E-state index contributed by atoms with van der Waals surface area (Å²) in [4.78, 5) is 21.2. The maximum absolute atomic E-state index is 10.8. The molecule has 18 heavy (non-hydrogen) atoms. The summed E-state index contributed by atoms with van der Waals surface area (Å²) in [7, 11) is 0. The summed E-state index contributed by atoms with van der Waals surface area (Å²) in [6.07, 6.45) is 2.91. The summed E-state index contributed by atoms with van der Waals surface area (Å²) >= 11 is 12.1. The van der Waals surface area contributed by atoms with Crippen molar-refractivity contribution in [2.75, 3.05) is 0 Å². The van der Waals surface area contributed by atoms with E-state index >= 15 is 0 Å². The molecule has 0 N–H and O–H groups in total. The summed E-state index contributed by atoms with van der Waals surface area (Å²) < 4.78 is 4.90. The Balaban J connectivity index is 3.11. The van der Waals surface area contributed by atoms with E-state index in [0.717, 1.165) is 11.9 Å². The fourth-order valence-corrected chi connectivity index (χ4v) is 1.77. The predicted octanol–water partition coefficient (Wildman–Crippen LogP) is 3.91. The van der Waals surface area contributed by atoms with Crippen LogP contribution in [0.5, 0.6) is 5.75 Å². The number of allylic oxidation sites excluding steroid dienone is 1. The van der Waals surface area contributed by atoms with Gasteiger partial charge in [-0.15, -0.1) is 0 Å². The molecule has 0 unspecified atom stereocenters. The molecule has 1 rings (SSSR count). The van der Waals surface area contributed by atoms with Crippen molar-refractivity contribution >= 4 is 41.5 Å². The maximum atomic E-state index is 10.8. The van der Waals surface area contributed by atoms with Crippen LogP contribution in [0.2, 0.25) is 10.0 Å². The average molecular weight is 287 g/mol. The Labute approximate surface area is 115 Å². The van der Waals surface area contributed by atoms with Crippen LogP contribution in [0.4, 0.5) is 0 Å². The van der Waals surface area contributed by atoms with Gasteiger partial charge in [0.15, 0.2) is 5.75 Å². The van der Waals surface area contributed by atoms with Crippen molar-refractivity contribution in [1.29, 1.82) is 0 Å². The summed E-state index contributed by atoms with van der Waals surface area (Å²) in [5, 5.41) is 0.472. The molecule has 0 saturated heterocycles. The smallest absolute Gasteiger partial charge is 0.308 e. The van der Waals surface area contributed by atoms with Crippen molar-refractivity contribution in [3.63, 3.8) is 0 Å². The predicted molar refractivity (Wildman–Crippen MR) is 72.1 cm³/mol. The van der Waals surface area contributed by atoms with Gasteiger partial charge in [0.05, 0.1) is 5.02 Å². The molecular formula is C13H12Cl2O3. The highest BCUT2D eigenvalue weighted by molar-refractivity contribution is 6.43. The Morgan fingerprint density at radius 1 is 1.28 bits per heavy atom. The first-order valence-electron chi connectivity index (χ1n) is 5.23. The third kappa shape index (κ3) is 3.86. The minimum absolute atomic E-state index is 0.180. The molecule has 3 nitrogen and oxygen atoms in total. The van der Waals surface area contributed by atoms with Gasteiger partial charge < -0.3 is 9.53 Å². The molecule has 96 valence electrons. The van der Waals surface area contributed by atoms with Crippen molar-refractivity contribution < 1.29 is 14.3 Å². The molecule has 0 saturated carbocycles. The monoisotopic (exact) mass is 286 g/mol. The first-order chi connectivity index (χ1) is 8.45. The lowest BCUT2D eigenvalue weighted by molar-refractivity contribution is -0.131. The second kappa shape index (κ2) is 6.57. The Morgan fingerprint density at radius 2 is 1.94 bits per heavy atom. The minimum Gasteiger partial charge on any atom is -0.425 e. The van der Waals surface area contributed by atoms with Gasteiger partial charge in [0.1, 0.15) is 11.3 Å². The first-order valence-corrected chi connectivity index (χ1v) is 5.98. The highest BCUT2D eigenvalue weighted by Crippen LogP contribution is 2.35. The zero-order valence-corrected chi connectivity index (χ0v) is 11.5. The van der Waals surface area contributed by atoms with E-state index in [9.17, 15) is 9.59 Å². The summed E-state index contributed by atoms with van der Waals surface area (Å²) in [6, 6.07) is 3.25. The first kappa shape index (κ1) is 14.7. The number of carbonyl (C=O) groups excluding carboxylic acids is 2. The van der Waals surface area contributed by atoms with Crippen LogP contribution in [-0.4, -0.2) is 12.3 Å². The second-order valence-corrected chi connectivity index (χ2v) is 4.49. The van der Waals surface area contributed by atoms with Crippen LogP contribution in [0.15, 0.2) is 17.7 Å². The van der Waals surface area contributed by atoms with Crippen LogP contribution in [0.3, 0.4) is 0 Å². The summed E-state index contributed by atoms with van der Waals surface area (Å²) in [5.41, 5.74) is 1.54. The van der Waals surface area contributed by atoms with Crippen LogP contribution in [0.25, 0.3) is 6.08 Å². The van der Waals surface area contributed by atoms with Gasteiger partial charge in [-0.1, -0.05) is 34.9 Å². The Morgan fingerprint density at radius 3 is 2.50 bits per heavy atom. The van der Waals surface area contributed by atoms with Gasteiger partial charge in [0.2, 0.25) is 0 Å². The molecule has 0 spiro atoms. The van der Waals surface area contributed by atoms with Gasteiger partial charge in [0.25, 0.3) is 0 Å². The molecular weight excluding hydrogens is 275 g/mol. The second-order valence-electron chi connectivity index (χ2n) is 3.74. The molecule has 1 aromatic rings. The lowest BCUT2D eigenvalue weighted by Crippen LogP contribution is -2.02. The average Bonchev–Trinajstić information content (AvgIpc) is 2.29. The topological polar surface area (TPSA) is 43.4 Å². The number of aldehydes is 1. The number of hydrogen-bond donors (Lipinski definition) is 0. The van der Waals surface area contributed by atoms with Crippen molar-refractivity contribution in [1.82, 2.24) is 0 Å². The quantitative estimate of drug-likeness (QED) is 0.479. The number of esters is 1. The molecule has 0 radical (unpaired) electrons. The molecule has 0 amide bonds. The molecule has 0 aliphatic heterocycles. The van der Waals surface area contributed by atoms with E-state index in [4.69, 9.17) is 27.9 Å². The molecule has 0 atom stereocenters.